The molecular formula is C76H140NO8P. The third kappa shape index (κ3) is 70.5. The molecule has 0 spiro atoms. The van der Waals surface area contributed by atoms with Crippen molar-refractivity contribution in [1.29, 1.82) is 0 Å². The number of esters is 2. The van der Waals surface area contributed by atoms with Gasteiger partial charge in [-0.2, -0.15) is 0 Å². The molecule has 0 amide bonds. The molecule has 0 aliphatic rings. The summed E-state index contributed by atoms with van der Waals surface area (Å²) in [4.78, 5) is 38.1. The van der Waals surface area contributed by atoms with E-state index in [0.29, 0.717) is 17.4 Å². The van der Waals surface area contributed by atoms with Gasteiger partial charge in [-0.15, -0.1) is 0 Å². The predicted molar refractivity (Wildman–Crippen MR) is 370 cm³/mol. The van der Waals surface area contributed by atoms with Gasteiger partial charge in [0.25, 0.3) is 7.82 Å². The number of phosphoric ester groups is 1. The van der Waals surface area contributed by atoms with E-state index in [1.807, 2.05) is 21.1 Å². The summed E-state index contributed by atoms with van der Waals surface area (Å²) < 4.78 is 34.3. The van der Waals surface area contributed by atoms with Gasteiger partial charge in [0.05, 0.1) is 27.7 Å². The molecule has 0 heterocycles. The highest BCUT2D eigenvalue weighted by Gasteiger charge is 2.22. The standard InChI is InChI=1S/C76H140NO8P/c1-6-8-10-12-14-16-18-20-22-24-26-28-30-32-34-35-36-37-38-39-40-41-43-44-46-48-50-52-54-56-58-60-62-64-66-68-75(78)82-72-74(73-84-86(80,81)83-71-70-77(3,4)5)85-76(79)69-67-65-63-61-59-57-55-53-51-49-47-45-42-33-31-29-27-25-23-21-19-17-15-13-11-9-7-2/h9,11,15,17,21,23-24,26-27,29,33,42,74H,6-8,10,12-14,16,18-20,22,25,28,30-32,34-41,43-73H2,1-5H3/b11-9-,17-15-,23-21-,26-24-,29-27-,42-33-. The Labute approximate surface area is 533 Å². The maximum absolute atomic E-state index is 12.9. The van der Waals surface area contributed by atoms with Crippen LogP contribution in [0.15, 0.2) is 72.9 Å². The van der Waals surface area contributed by atoms with Crippen LogP contribution in [-0.2, 0) is 32.7 Å². The maximum Gasteiger partial charge on any atom is 0.306 e. The number of carbonyl (C=O) groups is 2. The van der Waals surface area contributed by atoms with Crippen molar-refractivity contribution in [2.45, 2.75) is 354 Å². The minimum absolute atomic E-state index is 0.0321. The number of phosphoric acid groups is 1. The second-order valence-corrected chi connectivity index (χ2v) is 27.3. The Kier molecular flexibility index (Phi) is 64.9. The summed E-state index contributed by atoms with van der Waals surface area (Å²) in [6.45, 7) is 4.17. The van der Waals surface area contributed by atoms with Crippen molar-refractivity contribution in [3.63, 3.8) is 0 Å². The van der Waals surface area contributed by atoms with Crippen molar-refractivity contribution in [2.75, 3.05) is 47.5 Å². The topological polar surface area (TPSA) is 111 Å². The average molecular weight is 1230 g/mol. The van der Waals surface area contributed by atoms with Gasteiger partial charge in [-0.3, -0.25) is 14.2 Å². The molecule has 0 saturated heterocycles. The van der Waals surface area contributed by atoms with Crippen LogP contribution in [0, 0.1) is 0 Å². The highest BCUT2D eigenvalue weighted by molar-refractivity contribution is 7.45. The van der Waals surface area contributed by atoms with Gasteiger partial charge < -0.3 is 27.9 Å². The first-order chi connectivity index (χ1) is 42.0. The van der Waals surface area contributed by atoms with E-state index in [9.17, 15) is 19.0 Å². The highest BCUT2D eigenvalue weighted by atomic mass is 31.2. The third-order valence-electron chi connectivity index (χ3n) is 16.2. The van der Waals surface area contributed by atoms with E-state index in [4.69, 9.17) is 18.5 Å². The summed E-state index contributed by atoms with van der Waals surface area (Å²) >= 11 is 0. The highest BCUT2D eigenvalue weighted by Crippen LogP contribution is 2.38. The number of carbonyl (C=O) groups excluding carboxylic acids is 2. The Morgan fingerprint density at radius 2 is 0.663 bits per heavy atom. The Bertz CT molecular complexity index is 1680. The van der Waals surface area contributed by atoms with Crippen molar-refractivity contribution in [3.05, 3.63) is 72.9 Å². The van der Waals surface area contributed by atoms with E-state index in [2.05, 4.69) is 86.8 Å². The van der Waals surface area contributed by atoms with Crippen LogP contribution in [0.1, 0.15) is 348 Å². The van der Waals surface area contributed by atoms with Gasteiger partial charge in [-0.25, -0.2) is 0 Å². The summed E-state index contributed by atoms with van der Waals surface area (Å²) in [5, 5.41) is 0. The second-order valence-electron chi connectivity index (χ2n) is 25.9. The minimum atomic E-state index is -4.65. The molecule has 0 aliphatic carbocycles. The summed E-state index contributed by atoms with van der Waals surface area (Å²) in [6, 6.07) is 0. The summed E-state index contributed by atoms with van der Waals surface area (Å²) in [7, 11) is 1.17. The lowest BCUT2D eigenvalue weighted by atomic mass is 10.0. The van der Waals surface area contributed by atoms with Crippen LogP contribution in [0.25, 0.3) is 0 Å². The quantitative estimate of drug-likeness (QED) is 0.0195. The second kappa shape index (κ2) is 66.9. The van der Waals surface area contributed by atoms with E-state index in [1.54, 1.807) is 0 Å². The molecule has 0 saturated carbocycles. The number of unbranched alkanes of at least 4 members (excludes halogenated alkanes) is 42. The molecule has 502 valence electrons. The number of likely N-dealkylation sites (N-methyl/N-ethyl adjacent to an activating group) is 1. The average Bonchev–Trinajstić information content (AvgIpc) is 3.53. The summed E-state index contributed by atoms with van der Waals surface area (Å²) in [5.41, 5.74) is 0. The first-order valence-electron chi connectivity index (χ1n) is 36.6. The number of hydrogen-bond donors (Lipinski definition) is 0. The smallest absolute Gasteiger partial charge is 0.306 e. The molecule has 2 atom stereocenters. The number of rotatable bonds is 68. The molecular weight excluding hydrogens is 1090 g/mol. The Hall–Kier alpha value is -2.55. The maximum atomic E-state index is 12.9. The predicted octanol–water partition coefficient (Wildman–Crippen LogP) is 23.3. The van der Waals surface area contributed by atoms with Crippen LogP contribution >= 0.6 is 7.82 Å². The van der Waals surface area contributed by atoms with Gasteiger partial charge in [0, 0.05) is 12.8 Å². The Balaban J connectivity index is 3.98. The van der Waals surface area contributed by atoms with Gasteiger partial charge in [-0.1, -0.05) is 324 Å². The lowest BCUT2D eigenvalue weighted by Gasteiger charge is -2.28. The van der Waals surface area contributed by atoms with Crippen molar-refractivity contribution in [2.24, 2.45) is 0 Å². The van der Waals surface area contributed by atoms with Crippen LogP contribution < -0.4 is 4.89 Å². The first-order valence-corrected chi connectivity index (χ1v) is 38.1. The minimum Gasteiger partial charge on any atom is -0.756 e. The lowest BCUT2D eigenvalue weighted by molar-refractivity contribution is -0.870. The number of quaternary nitrogens is 1. The van der Waals surface area contributed by atoms with Crippen LogP contribution in [0.5, 0.6) is 0 Å². The Morgan fingerprint density at radius 3 is 1.00 bits per heavy atom. The molecule has 0 N–H and O–H groups in total. The van der Waals surface area contributed by atoms with Crippen LogP contribution in [0.3, 0.4) is 0 Å². The van der Waals surface area contributed by atoms with E-state index in [0.717, 1.165) is 77.0 Å². The van der Waals surface area contributed by atoms with Crippen LogP contribution in [0.2, 0.25) is 0 Å². The third-order valence-corrected chi connectivity index (χ3v) is 17.2. The van der Waals surface area contributed by atoms with Crippen molar-refractivity contribution >= 4 is 19.8 Å². The molecule has 0 fully saturated rings. The molecule has 0 bridgehead atoms. The van der Waals surface area contributed by atoms with Gasteiger partial charge in [0.15, 0.2) is 6.10 Å². The largest absolute Gasteiger partial charge is 0.756 e. The lowest BCUT2D eigenvalue weighted by Crippen LogP contribution is -2.37. The van der Waals surface area contributed by atoms with Crippen molar-refractivity contribution < 1.29 is 42.1 Å². The van der Waals surface area contributed by atoms with Gasteiger partial charge in [0.2, 0.25) is 0 Å². The Morgan fingerprint density at radius 1 is 0.372 bits per heavy atom. The fraction of sp³-hybridized carbons (Fsp3) is 0.816. The number of nitrogens with zero attached hydrogens (tertiary/aromatic N) is 1. The van der Waals surface area contributed by atoms with Gasteiger partial charge in [-0.05, 0) is 83.5 Å². The van der Waals surface area contributed by atoms with Gasteiger partial charge >= 0.3 is 11.9 Å². The van der Waals surface area contributed by atoms with Gasteiger partial charge in [0.1, 0.15) is 19.8 Å². The van der Waals surface area contributed by atoms with Crippen molar-refractivity contribution in [3.8, 4) is 0 Å². The zero-order chi connectivity index (χ0) is 62.6. The van der Waals surface area contributed by atoms with E-state index < -0.39 is 26.5 Å². The number of hydrogen-bond acceptors (Lipinski definition) is 8. The first kappa shape index (κ1) is 83.5. The monoisotopic (exact) mass is 1230 g/mol. The molecule has 2 unspecified atom stereocenters. The van der Waals surface area contributed by atoms with E-state index in [1.165, 1.54) is 238 Å². The molecule has 0 aromatic carbocycles. The van der Waals surface area contributed by atoms with E-state index >= 15 is 0 Å². The molecule has 0 rings (SSSR count). The number of ether oxygens (including phenoxy) is 2. The van der Waals surface area contributed by atoms with Crippen LogP contribution in [0.4, 0.5) is 0 Å². The summed E-state index contributed by atoms with van der Waals surface area (Å²) in [6.07, 6.45) is 90.0. The zero-order valence-electron chi connectivity index (χ0n) is 57.3. The molecule has 10 heteroatoms. The molecule has 0 aromatic heterocycles. The fourth-order valence-electron chi connectivity index (χ4n) is 10.6. The molecule has 0 radical (unpaired) electrons. The van der Waals surface area contributed by atoms with Crippen LogP contribution in [-0.4, -0.2) is 70.0 Å². The molecule has 9 nitrogen and oxygen atoms in total. The molecule has 86 heavy (non-hydrogen) atoms. The van der Waals surface area contributed by atoms with E-state index in [-0.39, 0.29) is 32.0 Å². The molecule has 0 aliphatic heterocycles. The molecule has 0 aromatic rings. The SMILES string of the molecule is CC/C=C\C/C=C\C/C=C\C/C=C\C/C=C\CCCCCCCCCCCCCC(=O)OC(COC(=O)CCCCCCCCCCCCCCCCCCCCCCCCC/C=C\CCCCCCCCCC)COP(=O)([O-])OCC[N+](C)(C)C. The zero-order valence-corrected chi connectivity index (χ0v) is 58.2. The van der Waals surface area contributed by atoms with Crippen molar-refractivity contribution in [1.82, 2.24) is 0 Å². The number of allylic oxidation sites excluding steroid dienone is 12. The summed E-state index contributed by atoms with van der Waals surface area (Å²) in [5.74, 6) is -0.823. The normalized spacial score (nSPS) is 13.5. The fourth-order valence-corrected chi connectivity index (χ4v) is 11.4.